The molecule has 0 radical (unpaired) electrons. The number of rotatable bonds is 9. The van der Waals surface area contributed by atoms with Gasteiger partial charge >= 0.3 is 6.09 Å². The van der Waals surface area contributed by atoms with Crippen LogP contribution < -0.4 is 9.64 Å². The molecule has 1 N–H and O–H groups in total. The third-order valence-corrected chi connectivity index (χ3v) is 5.61. The third kappa shape index (κ3) is 5.28. The molecule has 3 heterocycles. The van der Waals surface area contributed by atoms with Crippen molar-refractivity contribution in [1.29, 1.82) is 0 Å². The molecule has 176 valence electrons. The summed E-state index contributed by atoms with van der Waals surface area (Å²) in [6, 6.07) is 14.0. The van der Waals surface area contributed by atoms with E-state index in [1.54, 1.807) is 19.2 Å². The Balaban J connectivity index is 1.54. The zero-order valence-electron chi connectivity index (χ0n) is 18.3. The van der Waals surface area contributed by atoms with Crippen LogP contribution in [0.4, 0.5) is 15.0 Å². The zero-order valence-corrected chi connectivity index (χ0v) is 20.5. The maximum absolute atomic E-state index is 14.8. The van der Waals surface area contributed by atoms with Gasteiger partial charge < -0.3 is 19.0 Å². The van der Waals surface area contributed by atoms with Gasteiger partial charge in [0.2, 0.25) is 5.95 Å². The molecule has 0 aliphatic rings. The molecule has 0 fully saturated rings. The number of nitrogens with zero attached hydrogens (tertiary/aromatic N) is 4. The van der Waals surface area contributed by atoms with E-state index in [2.05, 4.69) is 32.6 Å². The lowest BCUT2D eigenvalue weighted by atomic mass is 10.0. The van der Waals surface area contributed by atoms with Gasteiger partial charge in [-0.2, -0.15) is 4.39 Å². The van der Waals surface area contributed by atoms with Crippen molar-refractivity contribution in [2.45, 2.75) is 0 Å². The number of hydrogen-bond acceptors (Lipinski definition) is 5. The number of fused-ring (bicyclic) bond motifs is 1. The highest BCUT2D eigenvalue weighted by atomic mass is 127. The molecule has 0 saturated carbocycles. The van der Waals surface area contributed by atoms with Crippen molar-refractivity contribution in [2.75, 3.05) is 36.2 Å². The van der Waals surface area contributed by atoms with E-state index < -0.39 is 12.0 Å². The summed E-state index contributed by atoms with van der Waals surface area (Å²) >= 11 is 2.17. The number of pyridine rings is 2. The van der Waals surface area contributed by atoms with Gasteiger partial charge in [-0.25, -0.2) is 14.8 Å². The second kappa shape index (κ2) is 10.8. The molecule has 0 bridgehead atoms. The highest BCUT2D eigenvalue weighted by Crippen LogP contribution is 2.28. The molecular weight excluding hydrogens is 554 g/mol. The number of halogens is 2. The molecule has 0 aliphatic carbocycles. The molecule has 10 heteroatoms. The van der Waals surface area contributed by atoms with Gasteiger partial charge in [0.25, 0.3) is 0 Å². The molecule has 4 aromatic rings. The minimum Gasteiger partial charge on any atom is -0.495 e. The van der Waals surface area contributed by atoms with Crippen LogP contribution in [0.1, 0.15) is 0 Å². The van der Waals surface area contributed by atoms with Crippen LogP contribution in [0.25, 0.3) is 28.0 Å². The van der Waals surface area contributed by atoms with Crippen LogP contribution in [0, 0.1) is 5.95 Å². The standard InChI is InChI=1S/C24H22FIN4O4/c1-33-18-6-8-21-27-20(15-29(21)14-18)17-4-2-16(3-5-17)19-7-9-22(28-23(19)25)30(24(31)32)11-13-34-12-10-26/h2-9,14-15H,10-13H2,1H3,(H,31,32). The number of ether oxygens (including phenoxy) is 2. The molecule has 8 nitrogen and oxygen atoms in total. The van der Waals surface area contributed by atoms with E-state index in [4.69, 9.17) is 9.47 Å². The molecule has 0 atom stereocenters. The van der Waals surface area contributed by atoms with E-state index in [9.17, 15) is 14.3 Å². The average molecular weight is 576 g/mol. The van der Waals surface area contributed by atoms with E-state index in [1.807, 2.05) is 41.1 Å². The number of imidazole rings is 1. The summed E-state index contributed by atoms with van der Waals surface area (Å²) in [5, 5.41) is 9.47. The zero-order chi connectivity index (χ0) is 24.1. The quantitative estimate of drug-likeness (QED) is 0.128. The molecule has 4 rings (SSSR count). The molecule has 0 unspecified atom stereocenters. The molecular formula is C24H22FIN4O4. The van der Waals surface area contributed by atoms with Gasteiger partial charge in [-0.05, 0) is 29.8 Å². The largest absolute Gasteiger partial charge is 0.495 e. The minimum atomic E-state index is -1.22. The van der Waals surface area contributed by atoms with E-state index >= 15 is 0 Å². The Labute approximate surface area is 209 Å². The van der Waals surface area contributed by atoms with Crippen molar-refractivity contribution >= 4 is 40.1 Å². The number of aromatic nitrogens is 3. The topological polar surface area (TPSA) is 89.2 Å². The molecule has 0 saturated heterocycles. The Bertz CT molecular complexity index is 1300. The smallest absolute Gasteiger partial charge is 0.413 e. The summed E-state index contributed by atoms with van der Waals surface area (Å²) < 4.78 is 28.1. The number of hydrogen-bond donors (Lipinski definition) is 1. The number of anilines is 1. The molecule has 3 aromatic heterocycles. The summed E-state index contributed by atoms with van der Waals surface area (Å²) in [5.41, 5.74) is 3.34. The van der Waals surface area contributed by atoms with Gasteiger partial charge in [0.1, 0.15) is 17.2 Å². The second-order valence-corrected chi connectivity index (χ2v) is 8.36. The first-order chi connectivity index (χ1) is 16.5. The predicted octanol–water partition coefficient (Wildman–Crippen LogP) is 5.15. The fourth-order valence-corrected chi connectivity index (χ4v) is 3.77. The van der Waals surface area contributed by atoms with E-state index in [-0.39, 0.29) is 24.5 Å². The van der Waals surface area contributed by atoms with Crippen molar-refractivity contribution < 1.29 is 23.8 Å². The number of methoxy groups -OCH3 is 1. The fourth-order valence-electron chi connectivity index (χ4n) is 3.46. The summed E-state index contributed by atoms with van der Waals surface area (Å²) in [6.07, 6.45) is 2.53. The van der Waals surface area contributed by atoms with Gasteiger partial charge in [-0.3, -0.25) is 4.90 Å². The van der Waals surface area contributed by atoms with Gasteiger partial charge in [-0.15, -0.1) is 0 Å². The number of amides is 1. The van der Waals surface area contributed by atoms with E-state index in [1.165, 1.54) is 12.1 Å². The van der Waals surface area contributed by atoms with Gasteiger partial charge in [0.15, 0.2) is 0 Å². The summed E-state index contributed by atoms with van der Waals surface area (Å²) in [5.74, 6) is 0.000855. The van der Waals surface area contributed by atoms with Crippen molar-refractivity contribution in [3.8, 4) is 28.1 Å². The van der Waals surface area contributed by atoms with Crippen LogP contribution in [0.2, 0.25) is 0 Å². The van der Waals surface area contributed by atoms with E-state index in [0.717, 1.165) is 32.0 Å². The summed E-state index contributed by atoms with van der Waals surface area (Å²) in [7, 11) is 1.61. The lowest BCUT2D eigenvalue weighted by Gasteiger charge is -2.18. The number of carbonyl (C=O) groups is 1. The number of benzene rings is 1. The summed E-state index contributed by atoms with van der Waals surface area (Å²) in [4.78, 5) is 21.1. The Morgan fingerprint density at radius 3 is 2.50 bits per heavy atom. The third-order valence-electron chi connectivity index (χ3n) is 5.17. The first-order valence-corrected chi connectivity index (χ1v) is 12.0. The van der Waals surface area contributed by atoms with Gasteiger partial charge in [-0.1, -0.05) is 46.9 Å². The molecule has 0 spiro atoms. The van der Waals surface area contributed by atoms with Crippen LogP contribution in [0.3, 0.4) is 0 Å². The van der Waals surface area contributed by atoms with E-state index in [0.29, 0.717) is 12.2 Å². The minimum absolute atomic E-state index is 0.0172. The van der Waals surface area contributed by atoms with Crippen molar-refractivity contribution in [3.05, 3.63) is 66.9 Å². The van der Waals surface area contributed by atoms with Crippen LogP contribution >= 0.6 is 22.6 Å². The normalized spacial score (nSPS) is 11.0. The SMILES string of the molecule is COc1ccc2nc(-c3ccc(-c4ccc(N(CCOCCI)C(=O)O)nc4F)cc3)cn2c1. The maximum Gasteiger partial charge on any atom is 0.413 e. The molecule has 0 aliphatic heterocycles. The summed E-state index contributed by atoms with van der Waals surface area (Å²) in [6.45, 7) is 0.795. The van der Waals surface area contributed by atoms with Crippen molar-refractivity contribution in [1.82, 2.24) is 14.4 Å². The van der Waals surface area contributed by atoms with Crippen LogP contribution in [-0.2, 0) is 4.74 Å². The molecule has 34 heavy (non-hydrogen) atoms. The van der Waals surface area contributed by atoms with Crippen LogP contribution in [-0.4, -0.2) is 56.9 Å². The molecule has 1 aromatic carbocycles. The van der Waals surface area contributed by atoms with Gasteiger partial charge in [0, 0.05) is 21.8 Å². The second-order valence-electron chi connectivity index (χ2n) is 7.28. The highest BCUT2D eigenvalue weighted by molar-refractivity contribution is 14.1. The van der Waals surface area contributed by atoms with Crippen LogP contribution in [0.15, 0.2) is 60.9 Å². The van der Waals surface area contributed by atoms with Crippen LogP contribution in [0.5, 0.6) is 5.75 Å². The Kier molecular flexibility index (Phi) is 7.58. The maximum atomic E-state index is 14.8. The lowest BCUT2D eigenvalue weighted by Crippen LogP contribution is -2.33. The number of alkyl halides is 1. The Morgan fingerprint density at radius 1 is 1.06 bits per heavy atom. The highest BCUT2D eigenvalue weighted by Gasteiger charge is 2.18. The van der Waals surface area contributed by atoms with Gasteiger partial charge in [0.05, 0.1) is 38.8 Å². The average Bonchev–Trinajstić information content (AvgIpc) is 3.27. The Hall–Kier alpha value is -3.25. The van der Waals surface area contributed by atoms with Crippen molar-refractivity contribution in [3.63, 3.8) is 0 Å². The fraction of sp³-hybridized carbons (Fsp3) is 0.208. The Morgan fingerprint density at radius 2 is 1.82 bits per heavy atom. The lowest BCUT2D eigenvalue weighted by molar-refractivity contribution is 0.153. The molecule has 1 amide bonds. The van der Waals surface area contributed by atoms with Crippen molar-refractivity contribution in [2.24, 2.45) is 0 Å². The monoisotopic (exact) mass is 576 g/mol. The first-order valence-electron chi connectivity index (χ1n) is 10.4. The number of carboxylic acid groups (broad SMARTS) is 1. The first kappa shape index (κ1) is 23.9. The predicted molar refractivity (Wildman–Crippen MR) is 135 cm³/mol.